The Kier molecular flexibility index (Phi) is 5.51. The standard InChI is InChI=1S/C15H24N2O3S2/c18-22(19,15-4-2-10-21-15)16-14-5-7-17(8-6-14)11-13-3-1-9-20-12-13/h2,4,10,13-14,16H,1,3,5-9,11-12H2. The Morgan fingerprint density at radius 3 is 2.77 bits per heavy atom. The molecule has 2 aliphatic heterocycles. The van der Waals surface area contributed by atoms with E-state index in [4.69, 9.17) is 4.74 Å². The van der Waals surface area contributed by atoms with Crippen molar-refractivity contribution in [3.05, 3.63) is 17.5 Å². The third-order valence-corrected chi connectivity index (χ3v) is 7.36. The highest BCUT2D eigenvalue weighted by Gasteiger charge is 2.26. The number of piperidine rings is 1. The van der Waals surface area contributed by atoms with E-state index in [0.717, 1.165) is 45.7 Å². The number of likely N-dealkylation sites (tertiary alicyclic amines) is 1. The summed E-state index contributed by atoms with van der Waals surface area (Å²) in [6.45, 7) is 4.81. The summed E-state index contributed by atoms with van der Waals surface area (Å²) in [7, 11) is -3.33. The number of hydrogen-bond acceptors (Lipinski definition) is 5. The van der Waals surface area contributed by atoms with Crippen molar-refractivity contribution in [2.75, 3.05) is 32.8 Å². The van der Waals surface area contributed by atoms with Gasteiger partial charge in [-0.3, -0.25) is 0 Å². The zero-order valence-corrected chi connectivity index (χ0v) is 14.4. The average molecular weight is 345 g/mol. The van der Waals surface area contributed by atoms with Crippen LogP contribution in [0.5, 0.6) is 0 Å². The van der Waals surface area contributed by atoms with E-state index in [1.54, 1.807) is 17.5 Å². The quantitative estimate of drug-likeness (QED) is 0.886. The summed E-state index contributed by atoms with van der Waals surface area (Å²) < 4.78 is 33.3. The SMILES string of the molecule is O=S(=O)(NC1CCN(CC2CCCOC2)CC1)c1cccs1. The number of sulfonamides is 1. The minimum absolute atomic E-state index is 0.0611. The van der Waals surface area contributed by atoms with Crippen molar-refractivity contribution >= 4 is 21.4 Å². The normalized spacial score (nSPS) is 25.4. The van der Waals surface area contributed by atoms with Gasteiger partial charge in [0.1, 0.15) is 4.21 Å². The molecule has 2 fully saturated rings. The average Bonchev–Trinajstić information content (AvgIpc) is 3.05. The molecular formula is C15H24N2O3S2. The van der Waals surface area contributed by atoms with Gasteiger partial charge in [0, 0.05) is 19.2 Å². The molecule has 0 aromatic carbocycles. The summed E-state index contributed by atoms with van der Waals surface area (Å²) in [5.41, 5.74) is 0. The van der Waals surface area contributed by atoms with Gasteiger partial charge in [-0.1, -0.05) is 6.07 Å². The highest BCUT2D eigenvalue weighted by molar-refractivity contribution is 7.91. The Morgan fingerprint density at radius 2 is 2.14 bits per heavy atom. The number of ether oxygens (including phenoxy) is 1. The minimum Gasteiger partial charge on any atom is -0.381 e. The largest absolute Gasteiger partial charge is 0.381 e. The summed E-state index contributed by atoms with van der Waals surface area (Å²) in [5, 5.41) is 1.80. The molecule has 0 radical (unpaired) electrons. The van der Waals surface area contributed by atoms with Crippen LogP contribution in [0.25, 0.3) is 0 Å². The molecule has 1 aromatic rings. The van der Waals surface area contributed by atoms with Gasteiger partial charge in [-0.15, -0.1) is 11.3 Å². The molecule has 3 heterocycles. The first-order valence-corrected chi connectivity index (χ1v) is 10.4. The van der Waals surface area contributed by atoms with Crippen molar-refractivity contribution in [2.45, 2.75) is 35.9 Å². The van der Waals surface area contributed by atoms with E-state index in [-0.39, 0.29) is 6.04 Å². The van der Waals surface area contributed by atoms with E-state index in [9.17, 15) is 8.42 Å². The van der Waals surface area contributed by atoms with Gasteiger partial charge in [-0.2, -0.15) is 0 Å². The Balaban J connectivity index is 1.45. The Morgan fingerprint density at radius 1 is 1.32 bits per heavy atom. The van der Waals surface area contributed by atoms with Gasteiger partial charge < -0.3 is 9.64 Å². The van der Waals surface area contributed by atoms with Crippen molar-refractivity contribution in [3.63, 3.8) is 0 Å². The van der Waals surface area contributed by atoms with E-state index in [0.29, 0.717) is 10.1 Å². The van der Waals surface area contributed by atoms with Crippen LogP contribution >= 0.6 is 11.3 Å². The first-order valence-electron chi connectivity index (χ1n) is 7.99. The first-order chi connectivity index (χ1) is 10.6. The molecule has 0 saturated carbocycles. The third-order valence-electron chi connectivity index (χ3n) is 4.44. The molecule has 0 spiro atoms. The summed E-state index contributed by atoms with van der Waals surface area (Å²) >= 11 is 1.27. The molecule has 1 N–H and O–H groups in total. The zero-order valence-electron chi connectivity index (χ0n) is 12.7. The molecule has 2 saturated heterocycles. The lowest BCUT2D eigenvalue weighted by atomic mass is 9.99. The second kappa shape index (κ2) is 7.40. The second-order valence-corrected chi connectivity index (χ2v) is 9.10. The number of rotatable bonds is 5. The smallest absolute Gasteiger partial charge is 0.250 e. The van der Waals surface area contributed by atoms with Crippen LogP contribution in [0, 0.1) is 5.92 Å². The number of nitrogens with one attached hydrogen (secondary N) is 1. The predicted octanol–water partition coefficient (Wildman–Crippen LogP) is 1.92. The van der Waals surface area contributed by atoms with Gasteiger partial charge in [-0.05, 0) is 56.1 Å². The monoisotopic (exact) mass is 344 g/mol. The van der Waals surface area contributed by atoms with Crippen molar-refractivity contribution in [2.24, 2.45) is 5.92 Å². The molecule has 0 aliphatic carbocycles. The summed E-state index contributed by atoms with van der Waals surface area (Å²) in [5.74, 6) is 0.646. The summed E-state index contributed by atoms with van der Waals surface area (Å²) in [6.07, 6.45) is 4.20. The molecule has 7 heteroatoms. The fourth-order valence-corrected chi connectivity index (χ4v) is 5.56. The van der Waals surface area contributed by atoms with Crippen LogP contribution in [0.4, 0.5) is 0 Å². The summed E-state index contributed by atoms with van der Waals surface area (Å²) in [4.78, 5) is 2.45. The third kappa shape index (κ3) is 4.29. The van der Waals surface area contributed by atoms with Crippen LogP contribution in [-0.4, -0.2) is 52.2 Å². The molecule has 2 aliphatic rings. The molecule has 0 amide bonds. The molecule has 3 rings (SSSR count). The fourth-order valence-electron chi connectivity index (χ4n) is 3.24. The maximum atomic E-state index is 12.2. The zero-order chi connectivity index (χ0) is 15.4. The van der Waals surface area contributed by atoms with Crippen molar-refractivity contribution < 1.29 is 13.2 Å². The topological polar surface area (TPSA) is 58.6 Å². The molecule has 5 nitrogen and oxygen atoms in total. The highest BCUT2D eigenvalue weighted by Crippen LogP contribution is 2.21. The molecule has 124 valence electrons. The Labute approximate surface area is 136 Å². The Hall–Kier alpha value is -0.470. The maximum Gasteiger partial charge on any atom is 0.250 e. The fraction of sp³-hybridized carbons (Fsp3) is 0.733. The molecule has 0 bridgehead atoms. The van der Waals surface area contributed by atoms with Crippen LogP contribution in [0.15, 0.2) is 21.7 Å². The van der Waals surface area contributed by atoms with Gasteiger partial charge in [0.2, 0.25) is 10.0 Å². The summed E-state index contributed by atoms with van der Waals surface area (Å²) in [6, 6.07) is 3.49. The van der Waals surface area contributed by atoms with Crippen LogP contribution in [-0.2, 0) is 14.8 Å². The highest BCUT2D eigenvalue weighted by atomic mass is 32.2. The van der Waals surface area contributed by atoms with Gasteiger partial charge in [0.25, 0.3) is 0 Å². The van der Waals surface area contributed by atoms with Crippen LogP contribution in [0.3, 0.4) is 0 Å². The van der Waals surface area contributed by atoms with Crippen molar-refractivity contribution in [1.82, 2.24) is 9.62 Å². The van der Waals surface area contributed by atoms with E-state index in [1.807, 2.05) is 0 Å². The molecule has 1 aromatic heterocycles. The van der Waals surface area contributed by atoms with Crippen molar-refractivity contribution in [3.8, 4) is 0 Å². The lowest BCUT2D eigenvalue weighted by molar-refractivity contribution is 0.0345. The van der Waals surface area contributed by atoms with Gasteiger partial charge >= 0.3 is 0 Å². The molecule has 1 unspecified atom stereocenters. The van der Waals surface area contributed by atoms with E-state index >= 15 is 0 Å². The molecule has 22 heavy (non-hydrogen) atoms. The van der Waals surface area contributed by atoms with E-state index in [2.05, 4.69) is 9.62 Å². The molecular weight excluding hydrogens is 320 g/mol. The number of nitrogens with zero attached hydrogens (tertiary/aromatic N) is 1. The van der Waals surface area contributed by atoms with Gasteiger partial charge in [-0.25, -0.2) is 13.1 Å². The molecule has 1 atom stereocenters. The first kappa shape index (κ1) is 16.4. The van der Waals surface area contributed by atoms with Crippen LogP contribution in [0.2, 0.25) is 0 Å². The minimum atomic E-state index is -3.33. The Bertz CT molecular complexity index is 545. The number of hydrogen-bond donors (Lipinski definition) is 1. The predicted molar refractivity (Wildman–Crippen MR) is 87.6 cm³/mol. The van der Waals surface area contributed by atoms with Gasteiger partial charge in [0.05, 0.1) is 6.61 Å². The van der Waals surface area contributed by atoms with E-state index in [1.165, 1.54) is 24.2 Å². The lowest BCUT2D eigenvalue weighted by Gasteiger charge is -2.35. The van der Waals surface area contributed by atoms with Gasteiger partial charge in [0.15, 0.2) is 0 Å². The second-order valence-electron chi connectivity index (χ2n) is 6.21. The number of thiophene rings is 1. The lowest BCUT2D eigenvalue weighted by Crippen LogP contribution is -2.46. The van der Waals surface area contributed by atoms with Crippen LogP contribution in [0.1, 0.15) is 25.7 Å². The van der Waals surface area contributed by atoms with E-state index < -0.39 is 10.0 Å². The van der Waals surface area contributed by atoms with Crippen LogP contribution < -0.4 is 4.72 Å². The van der Waals surface area contributed by atoms with Crippen molar-refractivity contribution in [1.29, 1.82) is 0 Å². The maximum absolute atomic E-state index is 12.2.